The second-order valence-corrected chi connectivity index (χ2v) is 3.49. The van der Waals surface area contributed by atoms with Crippen molar-refractivity contribution < 1.29 is 9.47 Å². The third-order valence-corrected chi connectivity index (χ3v) is 2.45. The second kappa shape index (κ2) is 3.64. The SMILES string of the molecule is ClCC1COc2c(Cl)cccc2O1. The van der Waals surface area contributed by atoms with Crippen molar-refractivity contribution >= 4 is 23.2 Å². The average molecular weight is 219 g/mol. The summed E-state index contributed by atoms with van der Waals surface area (Å²) < 4.78 is 10.9. The first kappa shape index (κ1) is 8.97. The van der Waals surface area contributed by atoms with Gasteiger partial charge in [0.05, 0.1) is 10.9 Å². The predicted molar refractivity (Wildman–Crippen MR) is 52.1 cm³/mol. The lowest BCUT2D eigenvalue weighted by molar-refractivity contribution is 0.106. The van der Waals surface area contributed by atoms with Crippen LogP contribution in [-0.4, -0.2) is 18.6 Å². The molecule has 70 valence electrons. The van der Waals surface area contributed by atoms with Crippen LogP contribution in [0.4, 0.5) is 0 Å². The quantitative estimate of drug-likeness (QED) is 0.676. The van der Waals surface area contributed by atoms with Crippen LogP contribution < -0.4 is 9.47 Å². The van der Waals surface area contributed by atoms with Crippen LogP contribution in [0.15, 0.2) is 18.2 Å². The maximum atomic E-state index is 5.90. The normalized spacial score (nSPS) is 20.0. The van der Waals surface area contributed by atoms with Crippen molar-refractivity contribution in [1.82, 2.24) is 0 Å². The van der Waals surface area contributed by atoms with Crippen LogP contribution in [0.2, 0.25) is 5.02 Å². The van der Waals surface area contributed by atoms with Gasteiger partial charge in [0.1, 0.15) is 12.7 Å². The van der Waals surface area contributed by atoms with Crippen molar-refractivity contribution in [3.63, 3.8) is 0 Å². The lowest BCUT2D eigenvalue weighted by atomic mass is 10.3. The minimum atomic E-state index is -0.0763. The van der Waals surface area contributed by atoms with E-state index in [1.54, 1.807) is 6.07 Å². The molecule has 0 saturated carbocycles. The topological polar surface area (TPSA) is 18.5 Å². The van der Waals surface area contributed by atoms with Gasteiger partial charge in [0.15, 0.2) is 11.5 Å². The molecule has 0 spiro atoms. The lowest BCUT2D eigenvalue weighted by Crippen LogP contribution is -2.30. The highest BCUT2D eigenvalue weighted by Gasteiger charge is 2.21. The molecule has 2 nitrogen and oxygen atoms in total. The van der Waals surface area contributed by atoms with E-state index in [1.165, 1.54) is 0 Å². The van der Waals surface area contributed by atoms with Gasteiger partial charge in [-0.3, -0.25) is 0 Å². The first-order chi connectivity index (χ1) is 6.31. The summed E-state index contributed by atoms with van der Waals surface area (Å²) in [7, 11) is 0. The fourth-order valence-corrected chi connectivity index (χ4v) is 1.56. The summed E-state index contributed by atoms with van der Waals surface area (Å²) in [4.78, 5) is 0. The zero-order valence-electron chi connectivity index (χ0n) is 6.80. The molecule has 0 amide bonds. The van der Waals surface area contributed by atoms with Crippen LogP contribution in [0.1, 0.15) is 0 Å². The van der Waals surface area contributed by atoms with E-state index in [0.29, 0.717) is 29.0 Å². The standard InChI is InChI=1S/C9H8Cl2O2/c10-4-6-5-12-9-7(11)2-1-3-8(9)13-6/h1-3,6H,4-5H2. The number of alkyl halides is 1. The fourth-order valence-electron chi connectivity index (χ4n) is 1.19. The number of hydrogen-bond donors (Lipinski definition) is 0. The van der Waals surface area contributed by atoms with Gasteiger partial charge in [-0.1, -0.05) is 17.7 Å². The van der Waals surface area contributed by atoms with Gasteiger partial charge in [-0.15, -0.1) is 11.6 Å². The zero-order chi connectivity index (χ0) is 9.26. The van der Waals surface area contributed by atoms with E-state index in [2.05, 4.69) is 0 Å². The Morgan fingerprint density at radius 1 is 1.46 bits per heavy atom. The van der Waals surface area contributed by atoms with E-state index in [-0.39, 0.29) is 6.10 Å². The molecule has 2 rings (SSSR count). The highest BCUT2D eigenvalue weighted by atomic mass is 35.5. The Hall–Kier alpha value is -0.600. The largest absolute Gasteiger partial charge is 0.484 e. The van der Waals surface area contributed by atoms with E-state index >= 15 is 0 Å². The van der Waals surface area contributed by atoms with Crippen molar-refractivity contribution in [2.75, 3.05) is 12.5 Å². The summed E-state index contributed by atoms with van der Waals surface area (Å²) in [5, 5.41) is 0.575. The van der Waals surface area contributed by atoms with Crippen molar-refractivity contribution in [3.8, 4) is 11.5 Å². The van der Waals surface area contributed by atoms with Crippen LogP contribution in [0, 0.1) is 0 Å². The third kappa shape index (κ3) is 1.69. The summed E-state index contributed by atoms with van der Waals surface area (Å²) >= 11 is 11.5. The second-order valence-electron chi connectivity index (χ2n) is 2.77. The van der Waals surface area contributed by atoms with Gasteiger partial charge >= 0.3 is 0 Å². The Kier molecular flexibility index (Phi) is 2.51. The molecule has 0 N–H and O–H groups in total. The maximum absolute atomic E-state index is 5.90. The Morgan fingerprint density at radius 2 is 2.31 bits per heavy atom. The number of para-hydroxylation sites is 1. The monoisotopic (exact) mass is 218 g/mol. The Morgan fingerprint density at radius 3 is 3.08 bits per heavy atom. The molecule has 0 aliphatic carbocycles. The Labute approximate surface area is 86.4 Å². The van der Waals surface area contributed by atoms with Crippen molar-refractivity contribution in [3.05, 3.63) is 23.2 Å². The highest BCUT2D eigenvalue weighted by molar-refractivity contribution is 6.32. The molecule has 13 heavy (non-hydrogen) atoms. The number of ether oxygens (including phenoxy) is 2. The van der Waals surface area contributed by atoms with Gasteiger partial charge < -0.3 is 9.47 Å². The van der Waals surface area contributed by atoms with E-state index in [4.69, 9.17) is 32.7 Å². The van der Waals surface area contributed by atoms with Gasteiger partial charge in [-0.2, -0.15) is 0 Å². The molecule has 1 aliphatic rings. The van der Waals surface area contributed by atoms with E-state index < -0.39 is 0 Å². The molecular weight excluding hydrogens is 211 g/mol. The number of hydrogen-bond acceptors (Lipinski definition) is 2. The Bertz CT molecular complexity index is 314. The molecule has 4 heteroatoms. The molecule has 1 atom stereocenters. The lowest BCUT2D eigenvalue weighted by Gasteiger charge is -2.25. The molecule has 0 radical (unpaired) electrons. The molecule has 1 aliphatic heterocycles. The van der Waals surface area contributed by atoms with E-state index in [0.717, 1.165) is 0 Å². The molecule has 1 aromatic carbocycles. The molecule has 1 heterocycles. The van der Waals surface area contributed by atoms with Crippen LogP contribution in [-0.2, 0) is 0 Å². The van der Waals surface area contributed by atoms with Crippen molar-refractivity contribution in [2.24, 2.45) is 0 Å². The van der Waals surface area contributed by atoms with Gasteiger partial charge in [-0.25, -0.2) is 0 Å². The smallest absolute Gasteiger partial charge is 0.179 e. The summed E-state index contributed by atoms with van der Waals surface area (Å²) in [6, 6.07) is 5.41. The summed E-state index contributed by atoms with van der Waals surface area (Å²) in [5.41, 5.74) is 0. The number of halogens is 2. The summed E-state index contributed by atoms with van der Waals surface area (Å²) in [5.74, 6) is 1.71. The molecule has 1 unspecified atom stereocenters. The molecular formula is C9H8Cl2O2. The molecule has 1 aromatic rings. The average Bonchev–Trinajstić information content (AvgIpc) is 2.18. The van der Waals surface area contributed by atoms with E-state index in [9.17, 15) is 0 Å². The fraction of sp³-hybridized carbons (Fsp3) is 0.333. The van der Waals surface area contributed by atoms with Crippen LogP contribution in [0.25, 0.3) is 0 Å². The highest BCUT2D eigenvalue weighted by Crippen LogP contribution is 2.37. The number of fused-ring (bicyclic) bond motifs is 1. The van der Waals surface area contributed by atoms with Gasteiger partial charge in [0.2, 0.25) is 0 Å². The minimum Gasteiger partial charge on any atom is -0.484 e. The first-order valence-electron chi connectivity index (χ1n) is 3.95. The number of rotatable bonds is 1. The van der Waals surface area contributed by atoms with Crippen LogP contribution >= 0.6 is 23.2 Å². The zero-order valence-corrected chi connectivity index (χ0v) is 8.31. The van der Waals surface area contributed by atoms with Gasteiger partial charge in [0, 0.05) is 0 Å². The first-order valence-corrected chi connectivity index (χ1v) is 4.86. The number of benzene rings is 1. The van der Waals surface area contributed by atoms with Crippen LogP contribution in [0.5, 0.6) is 11.5 Å². The van der Waals surface area contributed by atoms with Crippen molar-refractivity contribution in [1.29, 1.82) is 0 Å². The van der Waals surface area contributed by atoms with Gasteiger partial charge in [0.25, 0.3) is 0 Å². The summed E-state index contributed by atoms with van der Waals surface area (Å²) in [6.45, 7) is 0.459. The predicted octanol–water partition coefficient (Wildman–Crippen LogP) is 2.72. The van der Waals surface area contributed by atoms with Crippen molar-refractivity contribution in [2.45, 2.75) is 6.10 Å². The summed E-state index contributed by atoms with van der Waals surface area (Å²) in [6.07, 6.45) is -0.0763. The molecule has 0 saturated heterocycles. The minimum absolute atomic E-state index is 0.0763. The van der Waals surface area contributed by atoms with Crippen LogP contribution in [0.3, 0.4) is 0 Å². The molecule has 0 aromatic heterocycles. The van der Waals surface area contributed by atoms with Gasteiger partial charge in [-0.05, 0) is 12.1 Å². The third-order valence-electron chi connectivity index (χ3n) is 1.81. The Balaban J connectivity index is 2.31. The van der Waals surface area contributed by atoms with E-state index in [1.807, 2.05) is 12.1 Å². The molecule has 0 fully saturated rings. The molecule has 0 bridgehead atoms. The maximum Gasteiger partial charge on any atom is 0.179 e.